The Bertz CT molecular complexity index is 344. The molecule has 0 fully saturated rings. The number of hydrogen-bond acceptors (Lipinski definition) is 2. The number of amides is 1. The molecule has 0 spiro atoms. The third kappa shape index (κ3) is 3.34. The van der Waals surface area contributed by atoms with Gasteiger partial charge in [-0.15, -0.1) is 0 Å². The highest BCUT2D eigenvalue weighted by atomic mass is 35.5. The van der Waals surface area contributed by atoms with Gasteiger partial charge in [-0.3, -0.25) is 4.79 Å². The Morgan fingerprint density at radius 2 is 2.14 bits per heavy atom. The van der Waals surface area contributed by atoms with Gasteiger partial charge in [0, 0.05) is 17.3 Å². The van der Waals surface area contributed by atoms with Crippen LogP contribution in [0.3, 0.4) is 0 Å². The van der Waals surface area contributed by atoms with E-state index < -0.39 is 0 Å². The average Bonchev–Trinajstić information content (AvgIpc) is 2.01. The van der Waals surface area contributed by atoms with Crippen LogP contribution in [0.25, 0.3) is 0 Å². The fourth-order valence-corrected chi connectivity index (χ4v) is 1.13. The van der Waals surface area contributed by atoms with Crippen LogP contribution < -0.4 is 5.32 Å². The van der Waals surface area contributed by atoms with Gasteiger partial charge in [0.05, 0.1) is 0 Å². The van der Waals surface area contributed by atoms with Crippen molar-refractivity contribution < 1.29 is 4.79 Å². The predicted octanol–water partition coefficient (Wildman–Crippen LogP) is 2.26. The molecule has 1 aromatic rings. The molecule has 3 nitrogen and oxygen atoms in total. The van der Waals surface area contributed by atoms with E-state index in [-0.39, 0.29) is 11.4 Å². The molecule has 76 valence electrons. The minimum absolute atomic E-state index is 0.137. The van der Waals surface area contributed by atoms with E-state index in [1.807, 2.05) is 20.8 Å². The highest BCUT2D eigenvalue weighted by Crippen LogP contribution is 2.08. The van der Waals surface area contributed by atoms with Crippen LogP contribution in [-0.4, -0.2) is 16.4 Å². The summed E-state index contributed by atoms with van der Waals surface area (Å²) in [4.78, 5) is 15.4. The molecule has 1 rings (SSSR count). The third-order valence-corrected chi connectivity index (χ3v) is 1.68. The van der Waals surface area contributed by atoms with E-state index in [4.69, 9.17) is 11.6 Å². The summed E-state index contributed by atoms with van der Waals surface area (Å²) in [5.41, 5.74) is 0.284. The highest BCUT2D eigenvalue weighted by Gasteiger charge is 2.15. The van der Waals surface area contributed by atoms with Crippen LogP contribution in [0.5, 0.6) is 0 Å². The van der Waals surface area contributed by atoms with Gasteiger partial charge in [-0.25, -0.2) is 4.98 Å². The Morgan fingerprint density at radius 1 is 1.50 bits per heavy atom. The van der Waals surface area contributed by atoms with E-state index >= 15 is 0 Å². The number of rotatable bonds is 1. The summed E-state index contributed by atoms with van der Waals surface area (Å²) in [6.07, 6.45) is 1.51. The molecule has 1 heterocycles. The molecular formula is C10H13ClN2O. The first kappa shape index (κ1) is 11.0. The van der Waals surface area contributed by atoms with E-state index in [0.29, 0.717) is 10.7 Å². The van der Waals surface area contributed by atoms with E-state index in [0.717, 1.165) is 0 Å². The number of halogens is 1. The van der Waals surface area contributed by atoms with Gasteiger partial charge >= 0.3 is 0 Å². The van der Waals surface area contributed by atoms with Crippen LogP contribution in [0, 0.1) is 0 Å². The Labute approximate surface area is 88.5 Å². The number of aromatic nitrogens is 1. The lowest BCUT2D eigenvalue weighted by Crippen LogP contribution is -2.40. The molecular weight excluding hydrogens is 200 g/mol. The summed E-state index contributed by atoms with van der Waals surface area (Å²) in [6.45, 7) is 5.77. The van der Waals surface area contributed by atoms with Crippen molar-refractivity contribution in [3.63, 3.8) is 0 Å². The molecule has 0 aromatic carbocycles. The normalized spacial score (nSPS) is 11.1. The zero-order valence-electron chi connectivity index (χ0n) is 8.47. The quantitative estimate of drug-likeness (QED) is 0.726. The van der Waals surface area contributed by atoms with Crippen molar-refractivity contribution in [2.75, 3.05) is 0 Å². The second-order valence-corrected chi connectivity index (χ2v) is 4.46. The van der Waals surface area contributed by atoms with Gasteiger partial charge in [0.2, 0.25) is 0 Å². The highest BCUT2D eigenvalue weighted by molar-refractivity contribution is 6.29. The number of nitrogens with zero attached hydrogens (tertiary/aromatic N) is 1. The zero-order valence-corrected chi connectivity index (χ0v) is 9.22. The molecule has 1 aromatic heterocycles. The number of nitrogens with one attached hydrogen (secondary N) is 1. The van der Waals surface area contributed by atoms with Crippen LogP contribution in [0.4, 0.5) is 0 Å². The van der Waals surface area contributed by atoms with E-state index in [2.05, 4.69) is 10.3 Å². The summed E-state index contributed by atoms with van der Waals surface area (Å²) in [5.74, 6) is -0.137. The van der Waals surface area contributed by atoms with Gasteiger partial charge in [-0.1, -0.05) is 11.6 Å². The maximum absolute atomic E-state index is 11.6. The topological polar surface area (TPSA) is 42.0 Å². The lowest BCUT2D eigenvalue weighted by Gasteiger charge is -2.20. The maximum atomic E-state index is 11.6. The van der Waals surface area contributed by atoms with E-state index in [9.17, 15) is 4.79 Å². The number of pyridine rings is 1. The Kier molecular flexibility index (Phi) is 3.11. The molecule has 0 aliphatic heterocycles. The van der Waals surface area contributed by atoms with Crippen molar-refractivity contribution >= 4 is 17.5 Å². The molecule has 0 atom stereocenters. The molecule has 0 aliphatic rings. The van der Waals surface area contributed by atoms with Crippen LogP contribution >= 0.6 is 11.6 Å². The average molecular weight is 213 g/mol. The largest absolute Gasteiger partial charge is 0.347 e. The molecule has 0 saturated carbocycles. The van der Waals surface area contributed by atoms with Gasteiger partial charge in [0.25, 0.3) is 5.91 Å². The molecule has 1 amide bonds. The van der Waals surface area contributed by atoms with Crippen molar-refractivity contribution in [3.8, 4) is 0 Å². The summed E-state index contributed by atoms with van der Waals surface area (Å²) in [6, 6.07) is 3.18. The van der Waals surface area contributed by atoms with Crippen LogP contribution in [0.1, 0.15) is 31.1 Å². The van der Waals surface area contributed by atoms with Crippen molar-refractivity contribution in [1.29, 1.82) is 0 Å². The van der Waals surface area contributed by atoms with Crippen LogP contribution in [0.2, 0.25) is 5.15 Å². The van der Waals surface area contributed by atoms with Gasteiger partial charge in [0.1, 0.15) is 5.15 Å². The van der Waals surface area contributed by atoms with Crippen molar-refractivity contribution in [2.24, 2.45) is 0 Å². The zero-order chi connectivity index (χ0) is 10.8. The molecule has 14 heavy (non-hydrogen) atoms. The first-order valence-corrected chi connectivity index (χ1v) is 4.70. The summed E-state index contributed by atoms with van der Waals surface area (Å²) in [5, 5.41) is 3.16. The number of hydrogen-bond donors (Lipinski definition) is 1. The maximum Gasteiger partial charge on any atom is 0.251 e. The second-order valence-electron chi connectivity index (χ2n) is 4.07. The number of carbonyl (C=O) groups is 1. The monoisotopic (exact) mass is 212 g/mol. The lowest BCUT2D eigenvalue weighted by molar-refractivity contribution is 0.0919. The first-order valence-electron chi connectivity index (χ1n) is 4.32. The van der Waals surface area contributed by atoms with Gasteiger partial charge in [-0.05, 0) is 32.9 Å². The van der Waals surface area contributed by atoms with Gasteiger partial charge in [-0.2, -0.15) is 0 Å². The van der Waals surface area contributed by atoms with E-state index in [1.165, 1.54) is 6.20 Å². The lowest BCUT2D eigenvalue weighted by atomic mass is 10.1. The summed E-state index contributed by atoms with van der Waals surface area (Å²) < 4.78 is 0. The molecule has 1 N–H and O–H groups in total. The Morgan fingerprint density at radius 3 is 2.64 bits per heavy atom. The van der Waals surface area contributed by atoms with E-state index in [1.54, 1.807) is 12.1 Å². The second kappa shape index (κ2) is 3.96. The minimum Gasteiger partial charge on any atom is -0.347 e. The predicted molar refractivity (Wildman–Crippen MR) is 56.5 cm³/mol. The molecule has 0 aliphatic carbocycles. The molecule has 4 heteroatoms. The summed E-state index contributed by atoms with van der Waals surface area (Å²) in [7, 11) is 0. The molecule has 0 unspecified atom stereocenters. The minimum atomic E-state index is -0.243. The molecule has 0 radical (unpaired) electrons. The fraction of sp³-hybridized carbons (Fsp3) is 0.400. The Hall–Kier alpha value is -1.09. The van der Waals surface area contributed by atoms with Crippen molar-refractivity contribution in [1.82, 2.24) is 10.3 Å². The summed E-state index contributed by atoms with van der Waals surface area (Å²) >= 11 is 5.67. The smallest absolute Gasteiger partial charge is 0.251 e. The van der Waals surface area contributed by atoms with Crippen LogP contribution in [0.15, 0.2) is 18.3 Å². The van der Waals surface area contributed by atoms with Crippen molar-refractivity contribution in [2.45, 2.75) is 26.3 Å². The third-order valence-electron chi connectivity index (χ3n) is 1.48. The molecule has 0 saturated heterocycles. The SMILES string of the molecule is CC(C)(C)NC(=O)c1ccnc(Cl)c1. The van der Waals surface area contributed by atoms with Crippen LogP contribution in [-0.2, 0) is 0 Å². The van der Waals surface area contributed by atoms with Gasteiger partial charge < -0.3 is 5.32 Å². The standard InChI is InChI=1S/C10H13ClN2O/c1-10(2,3)13-9(14)7-4-5-12-8(11)6-7/h4-6H,1-3H3,(H,13,14). The Balaban J connectivity index is 2.80. The fourth-order valence-electron chi connectivity index (χ4n) is 0.956. The molecule has 0 bridgehead atoms. The van der Waals surface area contributed by atoms with Crippen molar-refractivity contribution in [3.05, 3.63) is 29.0 Å². The van der Waals surface area contributed by atoms with Gasteiger partial charge in [0.15, 0.2) is 0 Å². The number of carbonyl (C=O) groups excluding carboxylic acids is 1. The first-order chi connectivity index (χ1) is 6.38.